The van der Waals surface area contributed by atoms with Crippen LogP contribution in [-0.2, 0) is 14.4 Å². The van der Waals surface area contributed by atoms with Gasteiger partial charge in [0.15, 0.2) is 0 Å². The first kappa shape index (κ1) is 18.9. The molecule has 8 heteroatoms. The van der Waals surface area contributed by atoms with Crippen LogP contribution in [0.2, 0.25) is 0 Å². The molecule has 0 aliphatic carbocycles. The van der Waals surface area contributed by atoms with E-state index in [0.717, 1.165) is 0 Å². The number of carbonyl (C=O) groups excluding carboxylic acids is 3. The van der Waals surface area contributed by atoms with Gasteiger partial charge in [0.25, 0.3) is 5.91 Å². The van der Waals surface area contributed by atoms with Gasteiger partial charge in [-0.2, -0.15) is 0 Å². The van der Waals surface area contributed by atoms with Gasteiger partial charge in [0.05, 0.1) is 17.2 Å². The standard InChI is InChI=1S/C19H23N3O5/c1-12(18(26)27)10-20(3)16(24)11-21-17(25)13-6-4-5-7-14(13)22-15(23)8-9-19(21,22)2/h4-7,12H,8-11H2,1-3H3,(H,26,27). The molecule has 2 heterocycles. The first-order chi connectivity index (χ1) is 12.7. The van der Waals surface area contributed by atoms with Crippen LogP contribution >= 0.6 is 0 Å². The molecule has 0 radical (unpaired) electrons. The van der Waals surface area contributed by atoms with Gasteiger partial charge >= 0.3 is 5.97 Å². The van der Waals surface area contributed by atoms with Gasteiger partial charge in [-0.15, -0.1) is 0 Å². The molecule has 0 saturated carbocycles. The maximum absolute atomic E-state index is 13.1. The molecule has 3 amide bonds. The number of anilines is 1. The minimum absolute atomic E-state index is 0.0478. The number of likely N-dealkylation sites (N-methyl/N-ethyl adjacent to an activating group) is 1. The van der Waals surface area contributed by atoms with Gasteiger partial charge in [-0.25, -0.2) is 0 Å². The van der Waals surface area contributed by atoms with Gasteiger partial charge < -0.3 is 14.9 Å². The molecule has 0 aromatic heterocycles. The van der Waals surface area contributed by atoms with E-state index in [4.69, 9.17) is 5.11 Å². The molecule has 27 heavy (non-hydrogen) atoms. The number of hydrogen-bond donors (Lipinski definition) is 1. The van der Waals surface area contributed by atoms with Crippen molar-refractivity contribution in [2.75, 3.05) is 25.0 Å². The Balaban J connectivity index is 1.89. The lowest BCUT2D eigenvalue weighted by Crippen LogP contribution is -2.64. The molecule has 8 nitrogen and oxygen atoms in total. The second-order valence-corrected chi connectivity index (χ2v) is 7.37. The third kappa shape index (κ3) is 3.05. The molecular weight excluding hydrogens is 350 g/mol. The van der Waals surface area contributed by atoms with Crippen LogP contribution in [0.15, 0.2) is 24.3 Å². The Morgan fingerprint density at radius 1 is 1.30 bits per heavy atom. The molecule has 2 aliphatic heterocycles. The topological polar surface area (TPSA) is 98.2 Å². The Bertz CT molecular complexity index is 823. The number of para-hydroxylation sites is 1. The smallest absolute Gasteiger partial charge is 0.308 e. The highest BCUT2D eigenvalue weighted by atomic mass is 16.4. The fraction of sp³-hybridized carbons (Fsp3) is 0.474. The van der Waals surface area contributed by atoms with Crippen LogP contribution in [0.4, 0.5) is 5.69 Å². The molecule has 2 aliphatic rings. The molecule has 1 N–H and O–H groups in total. The average molecular weight is 373 g/mol. The van der Waals surface area contributed by atoms with Crippen molar-refractivity contribution in [1.82, 2.24) is 9.80 Å². The van der Waals surface area contributed by atoms with Crippen LogP contribution in [0.5, 0.6) is 0 Å². The minimum Gasteiger partial charge on any atom is -0.481 e. The summed E-state index contributed by atoms with van der Waals surface area (Å²) in [7, 11) is 1.52. The van der Waals surface area contributed by atoms with Crippen LogP contribution in [0.25, 0.3) is 0 Å². The lowest BCUT2D eigenvalue weighted by atomic mass is 9.98. The highest BCUT2D eigenvalue weighted by molar-refractivity contribution is 6.11. The van der Waals surface area contributed by atoms with E-state index in [1.807, 2.05) is 0 Å². The molecule has 1 fully saturated rings. The summed E-state index contributed by atoms with van der Waals surface area (Å²) in [5, 5.41) is 9.03. The number of aliphatic carboxylic acids is 1. The third-order valence-electron chi connectivity index (χ3n) is 5.43. The van der Waals surface area contributed by atoms with E-state index < -0.39 is 17.6 Å². The minimum atomic E-state index is -0.989. The quantitative estimate of drug-likeness (QED) is 0.835. The number of benzene rings is 1. The summed E-state index contributed by atoms with van der Waals surface area (Å²) in [6.45, 7) is 3.15. The monoisotopic (exact) mass is 373 g/mol. The number of fused-ring (bicyclic) bond motifs is 3. The zero-order chi connectivity index (χ0) is 19.9. The van der Waals surface area contributed by atoms with Gasteiger partial charge in [-0.1, -0.05) is 19.1 Å². The molecule has 1 saturated heterocycles. The van der Waals surface area contributed by atoms with E-state index in [0.29, 0.717) is 24.1 Å². The maximum Gasteiger partial charge on any atom is 0.308 e. The van der Waals surface area contributed by atoms with Crippen molar-refractivity contribution in [3.05, 3.63) is 29.8 Å². The number of hydrogen-bond acceptors (Lipinski definition) is 4. The summed E-state index contributed by atoms with van der Waals surface area (Å²) in [4.78, 5) is 53.6. The van der Waals surface area contributed by atoms with Crippen LogP contribution in [0, 0.1) is 5.92 Å². The maximum atomic E-state index is 13.1. The SMILES string of the molecule is CC(CN(C)C(=O)CN1C(=O)c2ccccc2N2C(=O)CCC12C)C(=O)O. The van der Waals surface area contributed by atoms with E-state index >= 15 is 0 Å². The molecule has 2 unspecified atom stereocenters. The zero-order valence-electron chi connectivity index (χ0n) is 15.6. The zero-order valence-corrected chi connectivity index (χ0v) is 15.6. The number of carboxylic acids is 1. The molecular formula is C19H23N3O5. The first-order valence-electron chi connectivity index (χ1n) is 8.87. The van der Waals surface area contributed by atoms with Gasteiger partial charge in [0, 0.05) is 20.0 Å². The van der Waals surface area contributed by atoms with Gasteiger partial charge in [-0.05, 0) is 25.5 Å². The van der Waals surface area contributed by atoms with Crippen molar-refractivity contribution in [2.24, 2.45) is 5.92 Å². The normalized spacial score (nSPS) is 22.3. The van der Waals surface area contributed by atoms with E-state index in [1.54, 1.807) is 36.1 Å². The van der Waals surface area contributed by atoms with Gasteiger partial charge in [0.1, 0.15) is 12.2 Å². The van der Waals surface area contributed by atoms with Crippen LogP contribution < -0.4 is 4.90 Å². The van der Waals surface area contributed by atoms with E-state index in [-0.39, 0.29) is 30.8 Å². The van der Waals surface area contributed by atoms with Crippen molar-refractivity contribution in [3.63, 3.8) is 0 Å². The molecule has 3 rings (SSSR count). The van der Waals surface area contributed by atoms with Crippen LogP contribution in [0.1, 0.15) is 37.0 Å². The number of carbonyl (C=O) groups is 4. The highest BCUT2D eigenvalue weighted by Crippen LogP contribution is 2.43. The second-order valence-electron chi connectivity index (χ2n) is 7.37. The lowest BCUT2D eigenvalue weighted by molar-refractivity contribution is -0.143. The summed E-state index contributed by atoms with van der Waals surface area (Å²) >= 11 is 0. The second kappa shape index (κ2) is 6.68. The Hall–Kier alpha value is -2.90. The Kier molecular flexibility index (Phi) is 4.67. The fourth-order valence-electron chi connectivity index (χ4n) is 3.79. The number of amides is 3. The largest absolute Gasteiger partial charge is 0.481 e. The first-order valence-corrected chi connectivity index (χ1v) is 8.87. The predicted molar refractivity (Wildman–Crippen MR) is 97.0 cm³/mol. The van der Waals surface area contributed by atoms with Crippen molar-refractivity contribution in [3.8, 4) is 0 Å². The van der Waals surface area contributed by atoms with E-state index in [9.17, 15) is 19.2 Å². The lowest BCUT2D eigenvalue weighted by Gasteiger charge is -2.48. The summed E-state index contributed by atoms with van der Waals surface area (Å²) in [6, 6.07) is 6.89. The van der Waals surface area contributed by atoms with Crippen LogP contribution in [0.3, 0.4) is 0 Å². The molecule has 0 spiro atoms. The highest BCUT2D eigenvalue weighted by Gasteiger charge is 2.53. The van der Waals surface area contributed by atoms with Gasteiger partial charge in [-0.3, -0.25) is 24.1 Å². The summed E-state index contributed by atoms with van der Waals surface area (Å²) < 4.78 is 0. The summed E-state index contributed by atoms with van der Waals surface area (Å²) in [5.74, 6) is -2.44. The van der Waals surface area contributed by atoms with E-state index in [2.05, 4.69) is 0 Å². The fourth-order valence-corrected chi connectivity index (χ4v) is 3.79. The number of carboxylic acid groups (broad SMARTS) is 1. The predicted octanol–water partition coefficient (Wildman–Crippen LogP) is 1.16. The summed E-state index contributed by atoms with van der Waals surface area (Å²) in [6.07, 6.45) is 0.739. The van der Waals surface area contributed by atoms with Crippen LogP contribution in [-0.4, -0.2) is 64.4 Å². The Labute approximate surface area is 157 Å². The molecule has 0 bridgehead atoms. The molecule has 1 aromatic carbocycles. The van der Waals surface area contributed by atoms with Crippen molar-refractivity contribution in [2.45, 2.75) is 32.4 Å². The van der Waals surface area contributed by atoms with Gasteiger partial charge in [0.2, 0.25) is 11.8 Å². The third-order valence-corrected chi connectivity index (χ3v) is 5.43. The van der Waals surface area contributed by atoms with Crippen molar-refractivity contribution >= 4 is 29.4 Å². The Morgan fingerprint density at radius 3 is 2.63 bits per heavy atom. The number of nitrogens with zero attached hydrogens (tertiary/aromatic N) is 3. The molecule has 144 valence electrons. The molecule has 1 aromatic rings. The van der Waals surface area contributed by atoms with E-state index in [1.165, 1.54) is 23.8 Å². The summed E-state index contributed by atoms with van der Waals surface area (Å²) in [5.41, 5.74) is 0.0564. The number of rotatable bonds is 5. The van der Waals surface area contributed by atoms with Crippen molar-refractivity contribution < 1.29 is 24.3 Å². The van der Waals surface area contributed by atoms with Crippen molar-refractivity contribution in [1.29, 1.82) is 0 Å². The Morgan fingerprint density at radius 2 is 1.96 bits per heavy atom. The average Bonchev–Trinajstić information content (AvgIpc) is 2.94. The molecule has 2 atom stereocenters.